The van der Waals surface area contributed by atoms with Crippen LogP contribution in [0.4, 0.5) is 0 Å². The fraction of sp³-hybridized carbons (Fsp3) is 0.778. The number of aliphatic hydroxyl groups is 1. The van der Waals surface area contributed by atoms with Crippen LogP contribution < -0.4 is 0 Å². The SMILES string of the molecule is C=C(CO)CN1CC2CC2C1. The molecule has 2 fully saturated rings. The summed E-state index contributed by atoms with van der Waals surface area (Å²) in [6.45, 7) is 7.32. The van der Waals surface area contributed by atoms with Gasteiger partial charge in [-0.2, -0.15) is 0 Å². The molecule has 2 heteroatoms. The Morgan fingerprint density at radius 3 is 2.64 bits per heavy atom. The first-order chi connectivity index (χ1) is 5.29. The van der Waals surface area contributed by atoms with E-state index in [1.807, 2.05) is 0 Å². The van der Waals surface area contributed by atoms with Crippen molar-refractivity contribution in [2.75, 3.05) is 26.2 Å². The fourth-order valence-corrected chi connectivity index (χ4v) is 1.99. The van der Waals surface area contributed by atoms with Crippen molar-refractivity contribution < 1.29 is 5.11 Å². The van der Waals surface area contributed by atoms with Gasteiger partial charge in [-0.25, -0.2) is 0 Å². The second-order valence-corrected chi connectivity index (χ2v) is 3.86. The molecule has 2 nitrogen and oxygen atoms in total. The summed E-state index contributed by atoms with van der Waals surface area (Å²) < 4.78 is 0. The van der Waals surface area contributed by atoms with E-state index in [4.69, 9.17) is 5.11 Å². The van der Waals surface area contributed by atoms with Crippen LogP contribution in [0.1, 0.15) is 6.42 Å². The summed E-state index contributed by atoms with van der Waals surface area (Å²) in [5.41, 5.74) is 0.950. The second kappa shape index (κ2) is 2.61. The summed E-state index contributed by atoms with van der Waals surface area (Å²) in [5, 5.41) is 8.75. The first-order valence-corrected chi connectivity index (χ1v) is 4.29. The molecule has 2 rings (SSSR count). The largest absolute Gasteiger partial charge is 0.392 e. The Hall–Kier alpha value is -0.340. The number of aliphatic hydroxyl groups excluding tert-OH is 1. The van der Waals surface area contributed by atoms with Crippen LogP contribution in [0.15, 0.2) is 12.2 Å². The van der Waals surface area contributed by atoms with Crippen LogP contribution in [-0.2, 0) is 0 Å². The molecule has 62 valence electrons. The van der Waals surface area contributed by atoms with Gasteiger partial charge in [0.05, 0.1) is 6.61 Å². The maximum absolute atomic E-state index is 8.75. The fourth-order valence-electron chi connectivity index (χ4n) is 1.99. The Labute approximate surface area is 67.5 Å². The Kier molecular flexibility index (Phi) is 1.74. The first kappa shape index (κ1) is 7.32. The molecule has 1 saturated carbocycles. The Bertz CT molecular complexity index is 168. The quantitative estimate of drug-likeness (QED) is 0.596. The van der Waals surface area contributed by atoms with E-state index >= 15 is 0 Å². The van der Waals surface area contributed by atoms with E-state index < -0.39 is 0 Å². The maximum atomic E-state index is 8.75. The van der Waals surface area contributed by atoms with Gasteiger partial charge in [-0.3, -0.25) is 4.90 Å². The van der Waals surface area contributed by atoms with E-state index in [-0.39, 0.29) is 6.61 Å². The zero-order valence-electron chi connectivity index (χ0n) is 6.79. The summed E-state index contributed by atoms with van der Waals surface area (Å²) >= 11 is 0. The predicted molar refractivity (Wildman–Crippen MR) is 44.3 cm³/mol. The summed E-state index contributed by atoms with van der Waals surface area (Å²) in [4.78, 5) is 2.40. The molecule has 0 aromatic rings. The van der Waals surface area contributed by atoms with Crippen molar-refractivity contribution >= 4 is 0 Å². The van der Waals surface area contributed by atoms with Gasteiger partial charge in [0.2, 0.25) is 0 Å². The highest BCUT2D eigenvalue weighted by Crippen LogP contribution is 2.44. The minimum atomic E-state index is 0.145. The van der Waals surface area contributed by atoms with Gasteiger partial charge in [0.15, 0.2) is 0 Å². The highest BCUT2D eigenvalue weighted by atomic mass is 16.3. The smallest absolute Gasteiger partial charge is 0.0651 e. The third-order valence-corrected chi connectivity index (χ3v) is 2.73. The number of hydrogen-bond donors (Lipinski definition) is 1. The number of fused-ring (bicyclic) bond motifs is 1. The predicted octanol–water partition coefficient (Wildman–Crippen LogP) is 0.487. The monoisotopic (exact) mass is 153 g/mol. The molecule has 0 aromatic carbocycles. The Morgan fingerprint density at radius 2 is 2.09 bits per heavy atom. The van der Waals surface area contributed by atoms with Crippen LogP contribution in [0, 0.1) is 11.8 Å². The molecular weight excluding hydrogens is 138 g/mol. The molecule has 0 aromatic heterocycles. The van der Waals surface area contributed by atoms with Gasteiger partial charge in [0.25, 0.3) is 0 Å². The van der Waals surface area contributed by atoms with Gasteiger partial charge in [-0.05, 0) is 23.8 Å². The van der Waals surface area contributed by atoms with E-state index in [0.717, 1.165) is 24.0 Å². The maximum Gasteiger partial charge on any atom is 0.0651 e. The number of piperidine rings is 1. The molecule has 1 saturated heterocycles. The molecule has 0 bridgehead atoms. The van der Waals surface area contributed by atoms with E-state index in [1.165, 1.54) is 19.5 Å². The minimum Gasteiger partial charge on any atom is -0.392 e. The molecule has 1 aliphatic heterocycles. The van der Waals surface area contributed by atoms with Gasteiger partial charge in [0.1, 0.15) is 0 Å². The summed E-state index contributed by atoms with van der Waals surface area (Å²) in [6, 6.07) is 0. The Balaban J connectivity index is 1.75. The molecular formula is C9H15NO. The van der Waals surface area contributed by atoms with Crippen molar-refractivity contribution in [2.24, 2.45) is 11.8 Å². The van der Waals surface area contributed by atoms with Crippen LogP contribution >= 0.6 is 0 Å². The lowest BCUT2D eigenvalue weighted by Crippen LogP contribution is -2.25. The zero-order chi connectivity index (χ0) is 7.84. The standard InChI is InChI=1S/C9H15NO/c1-7(6-11)3-10-4-8-2-9(8)5-10/h8-9,11H,1-6H2. The van der Waals surface area contributed by atoms with Gasteiger partial charge in [-0.15, -0.1) is 0 Å². The van der Waals surface area contributed by atoms with Crippen LogP contribution in [0.2, 0.25) is 0 Å². The van der Waals surface area contributed by atoms with E-state index in [9.17, 15) is 0 Å². The average molecular weight is 153 g/mol. The second-order valence-electron chi connectivity index (χ2n) is 3.86. The van der Waals surface area contributed by atoms with Crippen molar-refractivity contribution in [3.63, 3.8) is 0 Å². The van der Waals surface area contributed by atoms with Crippen LogP contribution in [0.5, 0.6) is 0 Å². The molecule has 0 radical (unpaired) electrons. The van der Waals surface area contributed by atoms with Crippen molar-refractivity contribution in [1.82, 2.24) is 4.90 Å². The summed E-state index contributed by atoms with van der Waals surface area (Å²) in [5.74, 6) is 1.97. The summed E-state index contributed by atoms with van der Waals surface area (Å²) in [7, 11) is 0. The first-order valence-electron chi connectivity index (χ1n) is 4.29. The van der Waals surface area contributed by atoms with Crippen LogP contribution in [-0.4, -0.2) is 36.2 Å². The number of likely N-dealkylation sites (tertiary alicyclic amines) is 1. The molecule has 2 unspecified atom stereocenters. The molecule has 1 N–H and O–H groups in total. The molecule has 2 aliphatic rings. The third kappa shape index (κ3) is 1.47. The summed E-state index contributed by atoms with van der Waals surface area (Å²) in [6.07, 6.45) is 1.45. The van der Waals surface area contributed by atoms with Crippen molar-refractivity contribution in [2.45, 2.75) is 6.42 Å². The van der Waals surface area contributed by atoms with Crippen LogP contribution in [0.3, 0.4) is 0 Å². The van der Waals surface area contributed by atoms with Crippen molar-refractivity contribution in [3.8, 4) is 0 Å². The van der Waals surface area contributed by atoms with Crippen molar-refractivity contribution in [3.05, 3.63) is 12.2 Å². The normalized spacial score (nSPS) is 35.4. The van der Waals surface area contributed by atoms with E-state index in [2.05, 4.69) is 11.5 Å². The average Bonchev–Trinajstić information content (AvgIpc) is 2.60. The van der Waals surface area contributed by atoms with Crippen molar-refractivity contribution in [1.29, 1.82) is 0 Å². The lowest BCUT2D eigenvalue weighted by atomic mass is 10.3. The van der Waals surface area contributed by atoms with Gasteiger partial charge in [0, 0.05) is 19.6 Å². The molecule has 0 spiro atoms. The van der Waals surface area contributed by atoms with E-state index in [1.54, 1.807) is 0 Å². The van der Waals surface area contributed by atoms with Gasteiger partial charge in [-0.1, -0.05) is 6.58 Å². The lowest BCUT2D eigenvalue weighted by Gasteiger charge is -2.17. The zero-order valence-corrected chi connectivity index (χ0v) is 6.79. The minimum absolute atomic E-state index is 0.145. The molecule has 0 amide bonds. The molecule has 1 aliphatic carbocycles. The number of hydrogen-bond acceptors (Lipinski definition) is 2. The molecule has 1 heterocycles. The van der Waals surface area contributed by atoms with Gasteiger partial charge >= 0.3 is 0 Å². The van der Waals surface area contributed by atoms with Crippen LogP contribution in [0.25, 0.3) is 0 Å². The molecule has 2 atom stereocenters. The topological polar surface area (TPSA) is 23.5 Å². The number of rotatable bonds is 3. The molecule has 11 heavy (non-hydrogen) atoms. The number of nitrogens with zero attached hydrogens (tertiary/aromatic N) is 1. The highest BCUT2D eigenvalue weighted by Gasteiger charge is 2.44. The lowest BCUT2D eigenvalue weighted by molar-refractivity contribution is 0.286. The highest BCUT2D eigenvalue weighted by molar-refractivity contribution is 5.03. The Morgan fingerprint density at radius 1 is 1.45 bits per heavy atom. The third-order valence-electron chi connectivity index (χ3n) is 2.73. The van der Waals surface area contributed by atoms with Gasteiger partial charge < -0.3 is 5.11 Å². The van der Waals surface area contributed by atoms with E-state index in [0.29, 0.717) is 0 Å².